The number of aromatic amines is 1. The van der Waals surface area contributed by atoms with E-state index in [0.29, 0.717) is 23.9 Å². The molecule has 0 aliphatic heterocycles. The van der Waals surface area contributed by atoms with E-state index in [0.717, 1.165) is 28.1 Å². The Balaban J connectivity index is 1.56. The number of H-pyrrole nitrogens is 1. The van der Waals surface area contributed by atoms with Gasteiger partial charge in [-0.15, -0.1) is 0 Å². The summed E-state index contributed by atoms with van der Waals surface area (Å²) in [5, 5.41) is 4.55. The van der Waals surface area contributed by atoms with Crippen molar-refractivity contribution in [3.8, 4) is 22.8 Å². The smallest absolute Gasteiger partial charge is 0.180 e. The van der Waals surface area contributed by atoms with Gasteiger partial charge in [-0.3, -0.25) is 0 Å². The number of rotatable bonds is 6. The molecule has 7 nitrogen and oxygen atoms in total. The van der Waals surface area contributed by atoms with Crippen molar-refractivity contribution in [3.63, 3.8) is 0 Å². The van der Waals surface area contributed by atoms with Crippen molar-refractivity contribution in [2.75, 3.05) is 19.0 Å². The third-order valence-electron chi connectivity index (χ3n) is 4.95. The number of hydrogen-bond acceptors (Lipinski definition) is 5. The fourth-order valence-corrected chi connectivity index (χ4v) is 3.52. The molecule has 150 valence electrons. The second-order valence-corrected chi connectivity index (χ2v) is 6.84. The van der Waals surface area contributed by atoms with Crippen LogP contribution in [0.15, 0.2) is 67.3 Å². The summed E-state index contributed by atoms with van der Waals surface area (Å²) >= 11 is 0. The summed E-state index contributed by atoms with van der Waals surface area (Å²) in [4.78, 5) is 12.6. The van der Waals surface area contributed by atoms with Crippen molar-refractivity contribution >= 4 is 28.1 Å². The Morgan fingerprint density at radius 1 is 1.10 bits per heavy atom. The van der Waals surface area contributed by atoms with Gasteiger partial charge in [-0.25, -0.2) is 9.97 Å². The van der Waals surface area contributed by atoms with E-state index in [9.17, 15) is 0 Å². The molecule has 3 heterocycles. The summed E-state index contributed by atoms with van der Waals surface area (Å²) < 4.78 is 13.0. The fraction of sp³-hybridized carbons (Fsp3) is 0.130. The lowest BCUT2D eigenvalue weighted by Crippen LogP contribution is -2.01. The Labute approximate surface area is 173 Å². The zero-order valence-corrected chi connectivity index (χ0v) is 16.7. The van der Waals surface area contributed by atoms with E-state index in [1.165, 1.54) is 5.39 Å². The molecular formula is C23H21N5O2. The summed E-state index contributed by atoms with van der Waals surface area (Å²) in [6.45, 7) is 2.52. The number of imidazole rings is 1. The van der Waals surface area contributed by atoms with E-state index in [4.69, 9.17) is 14.5 Å². The number of nitrogens with one attached hydrogen (secondary N) is 2. The minimum atomic E-state index is 0.576. The average Bonchev–Trinajstić information content (AvgIpc) is 3.43. The molecule has 0 aliphatic rings. The number of benzene rings is 2. The van der Waals surface area contributed by atoms with Crippen LogP contribution in [-0.4, -0.2) is 33.1 Å². The summed E-state index contributed by atoms with van der Waals surface area (Å²) in [7, 11) is 1.63. The highest BCUT2D eigenvalue weighted by molar-refractivity contribution is 5.85. The number of methoxy groups -OCH3 is 1. The molecule has 0 saturated heterocycles. The molecule has 0 fully saturated rings. The molecule has 2 aromatic carbocycles. The highest BCUT2D eigenvalue weighted by Gasteiger charge is 2.12. The normalized spacial score (nSPS) is 11.1. The zero-order valence-electron chi connectivity index (χ0n) is 16.7. The van der Waals surface area contributed by atoms with E-state index in [1.54, 1.807) is 13.3 Å². The van der Waals surface area contributed by atoms with Crippen molar-refractivity contribution in [2.24, 2.45) is 0 Å². The van der Waals surface area contributed by atoms with Crippen molar-refractivity contribution in [2.45, 2.75) is 6.92 Å². The SMILES string of the molecule is CCOc1ccc(Nc2nc(-c3ccc4cc[nH]c4c3)cn3ccnc23)cc1OC. The lowest BCUT2D eigenvalue weighted by molar-refractivity contribution is 0.311. The molecule has 2 N–H and O–H groups in total. The van der Waals surface area contributed by atoms with Crippen LogP contribution in [0.2, 0.25) is 0 Å². The van der Waals surface area contributed by atoms with Crippen molar-refractivity contribution in [3.05, 3.63) is 67.3 Å². The first-order valence-electron chi connectivity index (χ1n) is 9.74. The molecular weight excluding hydrogens is 378 g/mol. The molecule has 0 spiro atoms. The molecule has 0 unspecified atom stereocenters. The predicted molar refractivity (Wildman–Crippen MR) is 118 cm³/mol. The van der Waals surface area contributed by atoms with Crippen LogP contribution in [0.5, 0.6) is 11.5 Å². The van der Waals surface area contributed by atoms with E-state index < -0.39 is 0 Å². The van der Waals surface area contributed by atoms with Crippen LogP contribution in [0, 0.1) is 0 Å². The van der Waals surface area contributed by atoms with Gasteiger partial charge in [0, 0.05) is 47.6 Å². The maximum atomic E-state index is 5.61. The van der Waals surface area contributed by atoms with Gasteiger partial charge in [-0.1, -0.05) is 12.1 Å². The minimum absolute atomic E-state index is 0.576. The molecule has 0 aliphatic carbocycles. The third-order valence-corrected chi connectivity index (χ3v) is 4.95. The van der Waals surface area contributed by atoms with Crippen LogP contribution in [-0.2, 0) is 0 Å². The zero-order chi connectivity index (χ0) is 20.5. The van der Waals surface area contributed by atoms with Gasteiger partial charge < -0.3 is 24.2 Å². The Morgan fingerprint density at radius 2 is 2.03 bits per heavy atom. The molecule has 0 amide bonds. The third kappa shape index (κ3) is 3.20. The van der Waals surface area contributed by atoms with Gasteiger partial charge in [0.2, 0.25) is 0 Å². The van der Waals surface area contributed by atoms with E-state index in [2.05, 4.69) is 39.6 Å². The molecule has 0 atom stereocenters. The van der Waals surface area contributed by atoms with Gasteiger partial charge in [0.25, 0.3) is 0 Å². The highest BCUT2D eigenvalue weighted by Crippen LogP contribution is 2.32. The highest BCUT2D eigenvalue weighted by atomic mass is 16.5. The van der Waals surface area contributed by atoms with E-state index >= 15 is 0 Å². The van der Waals surface area contributed by atoms with Crippen LogP contribution in [0.1, 0.15) is 6.92 Å². The second-order valence-electron chi connectivity index (χ2n) is 6.84. The number of fused-ring (bicyclic) bond motifs is 2. The van der Waals surface area contributed by atoms with E-state index in [1.807, 2.05) is 48.1 Å². The standard InChI is InChI=1S/C23H21N5O2/c1-3-30-20-7-6-17(13-21(20)29-2)26-22-23-25-10-11-28(23)14-19(27-22)16-5-4-15-8-9-24-18(15)12-16/h4-14,24H,3H2,1-2H3,(H,26,27). The molecule has 30 heavy (non-hydrogen) atoms. The van der Waals surface area contributed by atoms with Crippen molar-refractivity contribution < 1.29 is 9.47 Å². The van der Waals surface area contributed by atoms with E-state index in [-0.39, 0.29) is 0 Å². The lowest BCUT2D eigenvalue weighted by Gasteiger charge is -2.13. The Morgan fingerprint density at radius 3 is 2.90 bits per heavy atom. The first-order chi connectivity index (χ1) is 14.7. The molecule has 0 radical (unpaired) electrons. The summed E-state index contributed by atoms with van der Waals surface area (Å²) in [5.41, 5.74) is 4.52. The quantitative estimate of drug-likeness (QED) is 0.419. The van der Waals surface area contributed by atoms with Gasteiger partial charge in [-0.05, 0) is 36.6 Å². The summed E-state index contributed by atoms with van der Waals surface area (Å²) in [6.07, 6.45) is 7.60. The predicted octanol–water partition coefficient (Wildman–Crippen LogP) is 5.03. The Bertz CT molecular complexity index is 1340. The topological polar surface area (TPSA) is 76.5 Å². The maximum absolute atomic E-state index is 5.61. The first-order valence-corrected chi connectivity index (χ1v) is 9.74. The largest absolute Gasteiger partial charge is 0.493 e. The molecule has 5 aromatic rings. The number of ether oxygens (including phenoxy) is 2. The number of hydrogen-bond donors (Lipinski definition) is 2. The Hall–Kier alpha value is -4.00. The van der Waals surface area contributed by atoms with Crippen molar-refractivity contribution in [1.29, 1.82) is 0 Å². The monoisotopic (exact) mass is 399 g/mol. The van der Waals surface area contributed by atoms with Gasteiger partial charge in [0.05, 0.1) is 19.4 Å². The van der Waals surface area contributed by atoms with Crippen LogP contribution in [0.3, 0.4) is 0 Å². The maximum Gasteiger partial charge on any atom is 0.180 e. The first kappa shape index (κ1) is 18.1. The van der Waals surface area contributed by atoms with Crippen molar-refractivity contribution in [1.82, 2.24) is 19.4 Å². The van der Waals surface area contributed by atoms with Crippen LogP contribution < -0.4 is 14.8 Å². The summed E-state index contributed by atoms with van der Waals surface area (Å²) in [5.74, 6) is 2.03. The number of nitrogens with zero attached hydrogens (tertiary/aromatic N) is 3. The molecule has 0 saturated carbocycles. The van der Waals surface area contributed by atoms with Gasteiger partial charge in [0.1, 0.15) is 0 Å². The van der Waals surface area contributed by atoms with Crippen LogP contribution in [0.4, 0.5) is 11.5 Å². The van der Waals surface area contributed by atoms with Gasteiger partial charge >= 0.3 is 0 Å². The average molecular weight is 399 g/mol. The minimum Gasteiger partial charge on any atom is -0.493 e. The second kappa shape index (κ2) is 7.44. The lowest BCUT2D eigenvalue weighted by atomic mass is 10.1. The number of anilines is 2. The molecule has 7 heteroatoms. The fourth-order valence-electron chi connectivity index (χ4n) is 3.52. The Kier molecular flexibility index (Phi) is 4.48. The number of aromatic nitrogens is 4. The van der Waals surface area contributed by atoms with Gasteiger partial charge in [0.15, 0.2) is 23.0 Å². The molecule has 3 aromatic heterocycles. The molecule has 0 bridgehead atoms. The summed E-state index contributed by atoms with van der Waals surface area (Å²) in [6, 6.07) is 14.0. The van der Waals surface area contributed by atoms with Crippen LogP contribution in [0.25, 0.3) is 27.8 Å². The van der Waals surface area contributed by atoms with Gasteiger partial charge in [-0.2, -0.15) is 0 Å². The van der Waals surface area contributed by atoms with Crippen LogP contribution >= 0.6 is 0 Å². The molecule has 5 rings (SSSR count).